The zero-order chi connectivity index (χ0) is 19.3. The second kappa shape index (κ2) is 8.17. The fraction of sp³-hybridized carbons (Fsp3) is 0.208. The highest BCUT2D eigenvalue weighted by Crippen LogP contribution is 2.20. The molecule has 4 heteroatoms. The number of amides is 1. The molecule has 0 saturated carbocycles. The number of carbonyl (C=O) groups is 1. The van der Waals surface area contributed by atoms with Gasteiger partial charge in [0, 0.05) is 23.5 Å². The first kappa shape index (κ1) is 18.1. The van der Waals surface area contributed by atoms with Gasteiger partial charge in [0.2, 0.25) is 0 Å². The van der Waals surface area contributed by atoms with E-state index in [1.54, 1.807) is 6.20 Å². The number of aromatic nitrogens is 2. The second-order valence-electron chi connectivity index (χ2n) is 6.96. The molecule has 4 rings (SSSR count). The van der Waals surface area contributed by atoms with Gasteiger partial charge >= 0.3 is 0 Å². The summed E-state index contributed by atoms with van der Waals surface area (Å²) in [5, 5.41) is 3.02. The maximum atomic E-state index is 13.4. The van der Waals surface area contributed by atoms with E-state index in [1.807, 2.05) is 65.6 Å². The predicted molar refractivity (Wildman–Crippen MR) is 113 cm³/mol. The van der Waals surface area contributed by atoms with Gasteiger partial charge in [0.25, 0.3) is 5.91 Å². The average Bonchev–Trinajstić information content (AvgIpc) is 2.75. The van der Waals surface area contributed by atoms with Crippen molar-refractivity contribution in [3.8, 4) is 0 Å². The predicted octanol–water partition coefficient (Wildman–Crippen LogP) is 5.23. The molecule has 140 valence electrons. The maximum Gasteiger partial charge on any atom is 0.273 e. The van der Waals surface area contributed by atoms with Crippen molar-refractivity contribution < 1.29 is 4.79 Å². The molecule has 0 aliphatic carbocycles. The van der Waals surface area contributed by atoms with Gasteiger partial charge in [-0.15, -0.1) is 0 Å². The normalized spacial score (nSPS) is 11.0. The minimum Gasteiger partial charge on any atom is -0.331 e. The van der Waals surface area contributed by atoms with Crippen molar-refractivity contribution in [3.63, 3.8) is 0 Å². The van der Waals surface area contributed by atoms with Gasteiger partial charge in [0.15, 0.2) is 0 Å². The number of hydrogen-bond acceptors (Lipinski definition) is 3. The van der Waals surface area contributed by atoms with Crippen LogP contribution >= 0.6 is 0 Å². The average molecular weight is 369 g/mol. The van der Waals surface area contributed by atoms with Crippen LogP contribution < -0.4 is 0 Å². The lowest BCUT2D eigenvalue weighted by Gasteiger charge is -2.22. The Morgan fingerprint density at radius 2 is 1.71 bits per heavy atom. The molecule has 0 unspecified atom stereocenters. The van der Waals surface area contributed by atoms with E-state index in [9.17, 15) is 4.79 Å². The summed E-state index contributed by atoms with van der Waals surface area (Å²) in [6.07, 6.45) is 3.68. The molecule has 0 bridgehead atoms. The van der Waals surface area contributed by atoms with E-state index in [1.165, 1.54) is 0 Å². The zero-order valence-electron chi connectivity index (χ0n) is 16.0. The van der Waals surface area contributed by atoms with Crippen molar-refractivity contribution in [1.29, 1.82) is 0 Å². The lowest BCUT2D eigenvalue weighted by atomic mass is 10.1. The summed E-state index contributed by atoms with van der Waals surface area (Å²) < 4.78 is 0. The number of rotatable bonds is 6. The maximum absolute atomic E-state index is 13.4. The smallest absolute Gasteiger partial charge is 0.273 e. The number of carbonyl (C=O) groups excluding carboxylic acids is 1. The van der Waals surface area contributed by atoms with E-state index in [-0.39, 0.29) is 5.91 Å². The standard InChI is InChI=1S/C24H23N3O/c1-2-3-16-27(17-20-13-12-19-9-5-7-11-22(19)26-20)24(28)23-21-10-6-4-8-18(21)14-15-25-23/h4-15H,2-3,16-17H2,1H3. The van der Waals surface area contributed by atoms with Gasteiger partial charge < -0.3 is 4.90 Å². The Labute approximate surface area is 164 Å². The quantitative estimate of drug-likeness (QED) is 0.468. The van der Waals surface area contributed by atoms with Crippen LogP contribution in [0.2, 0.25) is 0 Å². The first-order chi connectivity index (χ1) is 13.8. The van der Waals surface area contributed by atoms with Crippen LogP contribution in [0.15, 0.2) is 72.9 Å². The van der Waals surface area contributed by atoms with E-state index in [2.05, 4.69) is 18.0 Å². The summed E-state index contributed by atoms with van der Waals surface area (Å²) >= 11 is 0. The molecule has 0 saturated heterocycles. The molecule has 0 spiro atoms. The van der Waals surface area contributed by atoms with Gasteiger partial charge in [-0.3, -0.25) is 14.8 Å². The molecule has 2 heterocycles. The third-order valence-corrected chi connectivity index (χ3v) is 4.95. The van der Waals surface area contributed by atoms with Crippen molar-refractivity contribution in [3.05, 3.63) is 84.3 Å². The monoisotopic (exact) mass is 369 g/mol. The number of para-hydroxylation sites is 1. The number of fused-ring (bicyclic) bond motifs is 2. The number of nitrogens with zero attached hydrogens (tertiary/aromatic N) is 3. The molecule has 28 heavy (non-hydrogen) atoms. The van der Waals surface area contributed by atoms with Crippen molar-refractivity contribution in [2.45, 2.75) is 26.3 Å². The molecule has 0 radical (unpaired) electrons. The first-order valence-corrected chi connectivity index (χ1v) is 9.74. The summed E-state index contributed by atoms with van der Waals surface area (Å²) in [7, 11) is 0. The van der Waals surface area contributed by atoms with Crippen LogP contribution in [-0.4, -0.2) is 27.3 Å². The Morgan fingerprint density at radius 3 is 2.57 bits per heavy atom. The van der Waals surface area contributed by atoms with Crippen molar-refractivity contribution >= 4 is 27.6 Å². The van der Waals surface area contributed by atoms with Crippen LogP contribution in [0, 0.1) is 0 Å². The molecule has 0 aliphatic heterocycles. The Bertz CT molecular complexity index is 1120. The van der Waals surface area contributed by atoms with Crippen molar-refractivity contribution in [2.24, 2.45) is 0 Å². The first-order valence-electron chi connectivity index (χ1n) is 9.74. The van der Waals surface area contributed by atoms with Gasteiger partial charge in [-0.1, -0.05) is 61.9 Å². The van der Waals surface area contributed by atoms with E-state index in [0.29, 0.717) is 18.8 Å². The molecule has 4 nitrogen and oxygen atoms in total. The fourth-order valence-electron chi connectivity index (χ4n) is 3.43. The number of pyridine rings is 2. The summed E-state index contributed by atoms with van der Waals surface area (Å²) in [6, 6.07) is 21.9. The Hall–Kier alpha value is -3.27. The van der Waals surface area contributed by atoms with Gasteiger partial charge in [-0.25, -0.2) is 0 Å². The van der Waals surface area contributed by atoms with E-state index in [4.69, 9.17) is 4.98 Å². The van der Waals surface area contributed by atoms with E-state index < -0.39 is 0 Å². The van der Waals surface area contributed by atoms with Crippen LogP contribution in [0.3, 0.4) is 0 Å². The molecule has 0 aliphatic rings. The van der Waals surface area contributed by atoms with Crippen LogP contribution in [-0.2, 0) is 6.54 Å². The van der Waals surface area contributed by atoms with Gasteiger partial charge in [0.05, 0.1) is 17.8 Å². The summed E-state index contributed by atoms with van der Waals surface area (Å²) in [6.45, 7) is 3.30. The van der Waals surface area contributed by atoms with E-state index in [0.717, 1.165) is 40.2 Å². The highest BCUT2D eigenvalue weighted by Gasteiger charge is 2.20. The Morgan fingerprint density at radius 1 is 0.929 bits per heavy atom. The fourth-order valence-corrected chi connectivity index (χ4v) is 3.43. The molecular weight excluding hydrogens is 346 g/mol. The van der Waals surface area contributed by atoms with Crippen LogP contribution in [0.1, 0.15) is 35.9 Å². The highest BCUT2D eigenvalue weighted by atomic mass is 16.2. The van der Waals surface area contributed by atoms with Gasteiger partial charge in [-0.2, -0.15) is 0 Å². The highest BCUT2D eigenvalue weighted by molar-refractivity contribution is 6.05. The molecule has 4 aromatic rings. The SMILES string of the molecule is CCCCN(Cc1ccc2ccccc2n1)C(=O)c1nccc2ccccc12. The van der Waals surface area contributed by atoms with Gasteiger partial charge in [0.1, 0.15) is 5.69 Å². The summed E-state index contributed by atoms with van der Waals surface area (Å²) in [5.74, 6) is -0.0415. The van der Waals surface area contributed by atoms with Crippen LogP contribution in [0.4, 0.5) is 0 Å². The lowest BCUT2D eigenvalue weighted by Crippen LogP contribution is -2.32. The number of benzene rings is 2. The zero-order valence-corrected chi connectivity index (χ0v) is 16.0. The molecule has 2 aromatic carbocycles. The molecule has 0 fully saturated rings. The van der Waals surface area contributed by atoms with E-state index >= 15 is 0 Å². The molecule has 0 atom stereocenters. The van der Waals surface area contributed by atoms with Crippen LogP contribution in [0.25, 0.3) is 21.7 Å². The minimum absolute atomic E-state index is 0.0415. The van der Waals surface area contributed by atoms with Crippen molar-refractivity contribution in [1.82, 2.24) is 14.9 Å². The Kier molecular flexibility index (Phi) is 5.29. The molecule has 2 aromatic heterocycles. The third kappa shape index (κ3) is 3.72. The minimum atomic E-state index is -0.0415. The number of unbranched alkanes of at least 4 members (excludes halogenated alkanes) is 1. The lowest BCUT2D eigenvalue weighted by molar-refractivity contribution is 0.0735. The largest absolute Gasteiger partial charge is 0.331 e. The molecule has 0 N–H and O–H groups in total. The summed E-state index contributed by atoms with van der Waals surface area (Å²) in [5.41, 5.74) is 2.35. The Balaban J connectivity index is 1.67. The van der Waals surface area contributed by atoms with Gasteiger partial charge in [-0.05, 0) is 30.0 Å². The second-order valence-corrected chi connectivity index (χ2v) is 6.96. The molecular formula is C24H23N3O. The molecule has 1 amide bonds. The topological polar surface area (TPSA) is 46.1 Å². The van der Waals surface area contributed by atoms with Crippen LogP contribution in [0.5, 0.6) is 0 Å². The number of hydrogen-bond donors (Lipinski definition) is 0. The summed E-state index contributed by atoms with van der Waals surface area (Å²) in [4.78, 5) is 24.4. The van der Waals surface area contributed by atoms with Crippen molar-refractivity contribution in [2.75, 3.05) is 6.54 Å². The third-order valence-electron chi connectivity index (χ3n) is 4.95.